The number of benzene rings is 1. The first kappa shape index (κ1) is 15.6. The van der Waals surface area contributed by atoms with E-state index in [0.29, 0.717) is 12.8 Å². The molecule has 2 atom stereocenters. The second-order valence-electron chi connectivity index (χ2n) is 4.72. The number of nitrogens with two attached hydrogens (primary N) is 2. The van der Waals surface area contributed by atoms with Crippen LogP contribution < -0.4 is 11.5 Å². The maximum absolute atomic E-state index is 11.4. The van der Waals surface area contributed by atoms with Gasteiger partial charge in [-0.1, -0.05) is 37.3 Å². The van der Waals surface area contributed by atoms with Crippen LogP contribution in [0.15, 0.2) is 30.3 Å². The van der Waals surface area contributed by atoms with Crippen molar-refractivity contribution in [3.8, 4) is 0 Å². The van der Waals surface area contributed by atoms with E-state index in [1.807, 2.05) is 37.3 Å². The molecule has 0 bridgehead atoms. The average Bonchev–Trinajstić information content (AvgIpc) is 2.43. The molecule has 0 heterocycles. The number of hydrogen-bond donors (Lipinski definition) is 3. The largest absolute Gasteiger partial charge is 0.467 e. The smallest absolute Gasteiger partial charge is 0.338 e. The molecule has 106 valence electrons. The monoisotopic (exact) mass is 266 g/mol. The third-order valence-corrected chi connectivity index (χ3v) is 3.42. The van der Waals surface area contributed by atoms with Crippen LogP contribution in [-0.2, 0) is 16.0 Å². The molecule has 1 aromatic rings. The number of hydrogen-bond acceptors (Lipinski definition) is 5. The molecule has 0 aliphatic rings. The van der Waals surface area contributed by atoms with Gasteiger partial charge in [-0.2, -0.15) is 0 Å². The minimum absolute atomic E-state index is 0.232. The SMILES string of the molecule is CCC(Cc1ccccc1)C(N)(N)C(O)C(=O)OC. The third-order valence-electron chi connectivity index (χ3n) is 3.42. The quantitative estimate of drug-likeness (QED) is 0.511. The summed E-state index contributed by atoms with van der Waals surface area (Å²) >= 11 is 0. The van der Waals surface area contributed by atoms with Gasteiger partial charge < -0.3 is 21.3 Å². The van der Waals surface area contributed by atoms with Crippen molar-refractivity contribution in [1.82, 2.24) is 0 Å². The Morgan fingerprint density at radius 1 is 1.37 bits per heavy atom. The third kappa shape index (κ3) is 3.76. The van der Waals surface area contributed by atoms with Crippen LogP contribution in [0.1, 0.15) is 18.9 Å². The molecule has 1 aromatic carbocycles. The summed E-state index contributed by atoms with van der Waals surface area (Å²) in [7, 11) is 1.19. The van der Waals surface area contributed by atoms with Crippen molar-refractivity contribution in [3.05, 3.63) is 35.9 Å². The average molecular weight is 266 g/mol. The minimum Gasteiger partial charge on any atom is -0.467 e. The van der Waals surface area contributed by atoms with Crippen LogP contribution in [-0.4, -0.2) is 30.0 Å². The first-order valence-electron chi connectivity index (χ1n) is 6.31. The first-order chi connectivity index (χ1) is 8.93. The Kier molecular flexibility index (Phi) is 5.47. The van der Waals surface area contributed by atoms with Crippen LogP contribution in [0.2, 0.25) is 0 Å². The highest BCUT2D eigenvalue weighted by molar-refractivity contribution is 5.76. The lowest BCUT2D eigenvalue weighted by Gasteiger charge is -2.36. The summed E-state index contributed by atoms with van der Waals surface area (Å²) < 4.78 is 4.49. The lowest BCUT2D eigenvalue weighted by molar-refractivity contribution is -0.155. The Morgan fingerprint density at radius 3 is 2.42 bits per heavy atom. The Balaban J connectivity index is 2.86. The summed E-state index contributed by atoms with van der Waals surface area (Å²) in [5.41, 5.74) is 11.5. The molecule has 0 spiro atoms. The summed E-state index contributed by atoms with van der Waals surface area (Å²) in [5, 5.41) is 9.90. The van der Waals surface area contributed by atoms with E-state index in [1.165, 1.54) is 7.11 Å². The molecular weight excluding hydrogens is 244 g/mol. The maximum atomic E-state index is 11.4. The number of aliphatic hydroxyl groups is 1. The number of carbonyl (C=O) groups is 1. The second kappa shape index (κ2) is 6.65. The number of rotatable bonds is 6. The Morgan fingerprint density at radius 2 is 1.95 bits per heavy atom. The van der Waals surface area contributed by atoms with Crippen LogP contribution in [0.25, 0.3) is 0 Å². The van der Waals surface area contributed by atoms with Crippen molar-refractivity contribution in [2.24, 2.45) is 17.4 Å². The van der Waals surface area contributed by atoms with Crippen LogP contribution in [0, 0.1) is 5.92 Å². The molecule has 1 rings (SSSR count). The summed E-state index contributed by atoms with van der Waals surface area (Å²) in [4.78, 5) is 11.4. The Labute approximate surface area is 113 Å². The number of esters is 1. The van der Waals surface area contributed by atoms with Crippen molar-refractivity contribution in [2.75, 3.05) is 7.11 Å². The molecule has 0 saturated heterocycles. The molecule has 5 nitrogen and oxygen atoms in total. The van der Waals surface area contributed by atoms with Gasteiger partial charge in [0.2, 0.25) is 0 Å². The highest BCUT2D eigenvalue weighted by Gasteiger charge is 2.41. The van der Waals surface area contributed by atoms with Crippen molar-refractivity contribution < 1.29 is 14.6 Å². The van der Waals surface area contributed by atoms with Crippen LogP contribution in [0.4, 0.5) is 0 Å². The van der Waals surface area contributed by atoms with Crippen molar-refractivity contribution in [3.63, 3.8) is 0 Å². The predicted octanol–water partition coefficient (Wildman–Crippen LogP) is 0.403. The van der Waals surface area contributed by atoms with Gasteiger partial charge in [0.1, 0.15) is 5.66 Å². The van der Waals surface area contributed by atoms with E-state index in [9.17, 15) is 9.90 Å². The minimum atomic E-state index is -1.54. The molecule has 5 N–H and O–H groups in total. The lowest BCUT2D eigenvalue weighted by Crippen LogP contribution is -2.66. The first-order valence-corrected chi connectivity index (χ1v) is 6.31. The van der Waals surface area contributed by atoms with Crippen LogP contribution >= 0.6 is 0 Å². The van der Waals surface area contributed by atoms with Gasteiger partial charge in [0.15, 0.2) is 6.10 Å². The van der Waals surface area contributed by atoms with Crippen molar-refractivity contribution in [2.45, 2.75) is 31.5 Å². The Bertz CT molecular complexity index is 406. The van der Waals surface area contributed by atoms with Gasteiger partial charge in [0.25, 0.3) is 0 Å². The predicted molar refractivity (Wildman–Crippen MR) is 73.1 cm³/mol. The van der Waals surface area contributed by atoms with E-state index in [1.54, 1.807) is 0 Å². The summed E-state index contributed by atoms with van der Waals surface area (Å²) in [5.74, 6) is -1.04. The van der Waals surface area contributed by atoms with E-state index in [4.69, 9.17) is 11.5 Å². The molecule has 0 aliphatic carbocycles. The van der Waals surface area contributed by atoms with E-state index in [-0.39, 0.29) is 5.92 Å². The normalized spacial score (nSPS) is 14.8. The molecule has 0 saturated carbocycles. The van der Waals surface area contributed by atoms with Gasteiger partial charge >= 0.3 is 5.97 Å². The maximum Gasteiger partial charge on any atom is 0.338 e. The molecule has 2 unspecified atom stereocenters. The number of aliphatic hydroxyl groups excluding tert-OH is 1. The molecule has 0 aromatic heterocycles. The fourth-order valence-corrected chi connectivity index (χ4v) is 2.11. The molecule has 0 aliphatic heterocycles. The van der Waals surface area contributed by atoms with Gasteiger partial charge in [-0.05, 0) is 24.3 Å². The highest BCUT2D eigenvalue weighted by atomic mass is 16.5. The fourth-order valence-electron chi connectivity index (χ4n) is 2.11. The molecular formula is C14H22N2O3. The zero-order chi connectivity index (χ0) is 14.5. The number of carbonyl (C=O) groups excluding carboxylic acids is 1. The van der Waals surface area contributed by atoms with Gasteiger partial charge in [-0.3, -0.25) is 0 Å². The molecule has 0 radical (unpaired) electrons. The lowest BCUT2D eigenvalue weighted by atomic mass is 9.82. The van der Waals surface area contributed by atoms with Gasteiger partial charge in [-0.15, -0.1) is 0 Å². The van der Waals surface area contributed by atoms with E-state index in [2.05, 4.69) is 4.74 Å². The van der Waals surface area contributed by atoms with Crippen molar-refractivity contribution >= 4 is 5.97 Å². The van der Waals surface area contributed by atoms with E-state index >= 15 is 0 Å². The van der Waals surface area contributed by atoms with Gasteiger partial charge in [-0.25, -0.2) is 4.79 Å². The summed E-state index contributed by atoms with van der Waals surface area (Å²) in [6.07, 6.45) is -0.292. The van der Waals surface area contributed by atoms with Gasteiger partial charge in [0, 0.05) is 0 Å². The zero-order valence-corrected chi connectivity index (χ0v) is 11.4. The fraction of sp³-hybridized carbons (Fsp3) is 0.500. The summed E-state index contributed by atoms with van der Waals surface area (Å²) in [6, 6.07) is 9.69. The van der Waals surface area contributed by atoms with E-state index in [0.717, 1.165) is 5.56 Å². The summed E-state index contributed by atoms with van der Waals surface area (Å²) in [6.45, 7) is 1.92. The molecule has 0 fully saturated rings. The Hall–Kier alpha value is -1.43. The molecule has 0 amide bonds. The molecule has 5 heteroatoms. The van der Waals surface area contributed by atoms with Crippen LogP contribution in [0.3, 0.4) is 0 Å². The van der Waals surface area contributed by atoms with E-state index < -0.39 is 17.7 Å². The number of methoxy groups -OCH3 is 1. The van der Waals surface area contributed by atoms with Crippen LogP contribution in [0.5, 0.6) is 0 Å². The standard InChI is InChI=1S/C14H22N2O3/c1-3-11(9-10-7-5-4-6-8-10)14(15,16)12(17)13(18)19-2/h4-8,11-12,17H,3,9,15-16H2,1-2H3. The topological polar surface area (TPSA) is 98.6 Å². The number of ether oxygens (including phenoxy) is 1. The second-order valence-corrected chi connectivity index (χ2v) is 4.72. The van der Waals surface area contributed by atoms with Gasteiger partial charge in [0.05, 0.1) is 7.11 Å². The highest BCUT2D eigenvalue weighted by Crippen LogP contribution is 2.22. The van der Waals surface area contributed by atoms with Crippen molar-refractivity contribution in [1.29, 1.82) is 0 Å². The molecule has 19 heavy (non-hydrogen) atoms. The zero-order valence-electron chi connectivity index (χ0n) is 11.4.